The molecule has 8 heteroatoms. The van der Waals surface area contributed by atoms with Crippen molar-refractivity contribution in [3.63, 3.8) is 0 Å². The molecular weight excluding hydrogens is 372 g/mol. The maximum Gasteiger partial charge on any atom is 0.326 e. The molecule has 0 spiro atoms. The summed E-state index contributed by atoms with van der Waals surface area (Å²) in [6, 6.07) is 1.54. The van der Waals surface area contributed by atoms with Crippen LogP contribution in [0, 0.1) is 0 Å². The van der Waals surface area contributed by atoms with E-state index in [4.69, 9.17) is 5.11 Å². The average Bonchev–Trinajstić information content (AvgIpc) is 2.89. The van der Waals surface area contributed by atoms with Crippen molar-refractivity contribution in [2.24, 2.45) is 0 Å². The van der Waals surface area contributed by atoms with Gasteiger partial charge in [0.05, 0.1) is 8.66 Å². The van der Waals surface area contributed by atoms with Gasteiger partial charge in [-0.05, 0) is 47.8 Å². The molecule has 2 atom stereocenters. The molecule has 0 aliphatic rings. The summed E-state index contributed by atoms with van der Waals surface area (Å²) in [5, 5.41) is 14.0. The highest BCUT2D eigenvalue weighted by Crippen LogP contribution is 2.21. The topological polar surface area (TPSA) is 95.5 Å². The molecule has 1 aromatic rings. The van der Waals surface area contributed by atoms with E-state index in [2.05, 4.69) is 33.1 Å². The van der Waals surface area contributed by atoms with Gasteiger partial charge >= 0.3 is 5.97 Å². The predicted molar refractivity (Wildman–Crippen MR) is 87.9 cm³/mol. The van der Waals surface area contributed by atoms with Gasteiger partial charge in [0.15, 0.2) is 0 Å². The number of carboxylic acids is 1. The van der Waals surface area contributed by atoms with Crippen molar-refractivity contribution >= 4 is 45.1 Å². The third kappa shape index (κ3) is 5.61. The Balaban J connectivity index is 2.58. The fraction of sp³-hybridized carbons (Fsp3) is 0.357. The Morgan fingerprint density at radius 3 is 2.59 bits per heavy atom. The summed E-state index contributed by atoms with van der Waals surface area (Å²) in [6.07, 6.45) is 2.31. The number of thiophene rings is 1. The van der Waals surface area contributed by atoms with Gasteiger partial charge in [0.2, 0.25) is 5.91 Å². The Labute approximate surface area is 140 Å². The summed E-state index contributed by atoms with van der Waals surface area (Å²) in [6.45, 7) is 5.02. The first-order valence-electron chi connectivity index (χ1n) is 6.55. The van der Waals surface area contributed by atoms with Gasteiger partial charge in [0, 0.05) is 0 Å². The fourth-order valence-corrected chi connectivity index (χ4v) is 2.90. The first kappa shape index (κ1) is 18.4. The number of rotatable bonds is 8. The summed E-state index contributed by atoms with van der Waals surface area (Å²) in [4.78, 5) is 35.4. The maximum atomic E-state index is 12.0. The number of nitrogens with one attached hydrogen (secondary N) is 2. The van der Waals surface area contributed by atoms with Crippen LogP contribution in [0.3, 0.4) is 0 Å². The van der Waals surface area contributed by atoms with Gasteiger partial charge in [-0.1, -0.05) is 6.08 Å². The van der Waals surface area contributed by atoms with Crippen molar-refractivity contribution < 1.29 is 19.5 Å². The zero-order valence-corrected chi connectivity index (χ0v) is 14.4. The molecule has 2 amide bonds. The molecule has 0 saturated heterocycles. The van der Waals surface area contributed by atoms with Crippen LogP contribution in [-0.4, -0.2) is 35.0 Å². The Morgan fingerprint density at radius 1 is 1.41 bits per heavy atom. The van der Waals surface area contributed by atoms with Crippen molar-refractivity contribution in [2.75, 3.05) is 0 Å². The molecule has 0 fully saturated rings. The van der Waals surface area contributed by atoms with Gasteiger partial charge in [-0.3, -0.25) is 9.59 Å². The number of carboxylic acid groups (broad SMARTS) is 1. The molecule has 0 saturated carbocycles. The van der Waals surface area contributed by atoms with E-state index in [1.165, 1.54) is 18.3 Å². The molecule has 0 aliphatic heterocycles. The molecule has 120 valence electrons. The van der Waals surface area contributed by atoms with Crippen molar-refractivity contribution in [2.45, 2.75) is 31.8 Å². The van der Waals surface area contributed by atoms with Gasteiger partial charge in [-0.25, -0.2) is 4.79 Å². The molecule has 0 aliphatic carbocycles. The van der Waals surface area contributed by atoms with Crippen molar-refractivity contribution in [3.05, 3.63) is 33.5 Å². The SMILES string of the molecule is C=CCCC(NC(=O)C(C)NC(=O)c1ccc(Br)s1)C(=O)O. The molecule has 1 rings (SSSR count). The van der Waals surface area contributed by atoms with Crippen LogP contribution >= 0.6 is 27.3 Å². The number of hydrogen-bond donors (Lipinski definition) is 3. The van der Waals surface area contributed by atoms with Crippen LogP contribution in [0.2, 0.25) is 0 Å². The normalized spacial score (nSPS) is 13.0. The Morgan fingerprint density at radius 2 is 2.09 bits per heavy atom. The third-order valence-corrected chi connectivity index (χ3v) is 4.43. The maximum absolute atomic E-state index is 12.0. The summed E-state index contributed by atoms with van der Waals surface area (Å²) in [7, 11) is 0. The highest BCUT2D eigenvalue weighted by molar-refractivity contribution is 9.11. The summed E-state index contributed by atoms with van der Waals surface area (Å²) in [5.41, 5.74) is 0. The van der Waals surface area contributed by atoms with Crippen LogP contribution in [0.25, 0.3) is 0 Å². The third-order valence-electron chi connectivity index (χ3n) is 2.81. The lowest BCUT2D eigenvalue weighted by molar-refractivity contribution is -0.142. The van der Waals surface area contributed by atoms with Gasteiger partial charge in [-0.2, -0.15) is 0 Å². The van der Waals surface area contributed by atoms with E-state index in [1.807, 2.05) is 0 Å². The summed E-state index contributed by atoms with van der Waals surface area (Å²) in [5.74, 6) is -2.03. The minimum atomic E-state index is -1.11. The Hall–Kier alpha value is -1.67. The van der Waals surface area contributed by atoms with Crippen LogP contribution in [-0.2, 0) is 9.59 Å². The molecule has 6 nitrogen and oxygen atoms in total. The molecule has 3 N–H and O–H groups in total. The molecular formula is C14H17BrN2O4S. The second-order valence-electron chi connectivity index (χ2n) is 4.56. The van der Waals surface area contributed by atoms with Crippen molar-refractivity contribution in [3.8, 4) is 0 Å². The molecule has 2 unspecified atom stereocenters. The van der Waals surface area contributed by atoms with E-state index < -0.39 is 24.0 Å². The monoisotopic (exact) mass is 388 g/mol. The van der Waals surface area contributed by atoms with Crippen LogP contribution in [0.5, 0.6) is 0 Å². The standard InChI is InChI=1S/C14H17BrN2O4S/c1-3-4-5-9(14(20)21)17-12(18)8(2)16-13(19)10-6-7-11(15)22-10/h3,6-9H,1,4-5H2,2H3,(H,16,19)(H,17,18)(H,20,21). The number of hydrogen-bond acceptors (Lipinski definition) is 4. The van der Waals surface area contributed by atoms with Crippen LogP contribution < -0.4 is 10.6 Å². The smallest absolute Gasteiger partial charge is 0.326 e. The lowest BCUT2D eigenvalue weighted by Gasteiger charge is -2.18. The lowest BCUT2D eigenvalue weighted by atomic mass is 10.1. The molecule has 1 heterocycles. The largest absolute Gasteiger partial charge is 0.480 e. The van der Waals surface area contributed by atoms with E-state index in [0.29, 0.717) is 11.3 Å². The molecule has 0 radical (unpaired) electrons. The van der Waals surface area contributed by atoms with Crippen molar-refractivity contribution in [1.29, 1.82) is 0 Å². The average molecular weight is 389 g/mol. The zero-order chi connectivity index (χ0) is 16.7. The number of carbonyl (C=O) groups excluding carboxylic acids is 2. The summed E-state index contributed by atoms with van der Waals surface area (Å²) < 4.78 is 0.810. The second-order valence-corrected chi connectivity index (χ2v) is 7.03. The van der Waals surface area contributed by atoms with E-state index in [9.17, 15) is 14.4 Å². The summed E-state index contributed by atoms with van der Waals surface area (Å²) >= 11 is 4.50. The number of carbonyl (C=O) groups is 3. The predicted octanol–water partition coefficient (Wildman–Crippen LogP) is 2.16. The van der Waals surface area contributed by atoms with Crippen LogP contribution in [0.1, 0.15) is 29.4 Å². The number of halogens is 1. The minimum absolute atomic E-state index is 0.253. The first-order chi connectivity index (χ1) is 10.3. The first-order valence-corrected chi connectivity index (χ1v) is 8.16. The zero-order valence-electron chi connectivity index (χ0n) is 12.0. The quantitative estimate of drug-likeness (QED) is 0.594. The van der Waals surface area contributed by atoms with E-state index in [1.54, 1.807) is 18.2 Å². The highest BCUT2D eigenvalue weighted by Gasteiger charge is 2.23. The van der Waals surface area contributed by atoms with Crippen LogP contribution in [0.15, 0.2) is 28.6 Å². The van der Waals surface area contributed by atoms with E-state index >= 15 is 0 Å². The van der Waals surface area contributed by atoms with Gasteiger partial charge in [0.25, 0.3) is 5.91 Å². The second kappa shape index (κ2) is 8.70. The van der Waals surface area contributed by atoms with Crippen LogP contribution in [0.4, 0.5) is 0 Å². The van der Waals surface area contributed by atoms with E-state index in [-0.39, 0.29) is 12.3 Å². The van der Waals surface area contributed by atoms with Gasteiger partial charge in [-0.15, -0.1) is 17.9 Å². The fourth-order valence-electron chi connectivity index (χ4n) is 1.61. The molecule has 22 heavy (non-hydrogen) atoms. The number of allylic oxidation sites excluding steroid dienone is 1. The van der Waals surface area contributed by atoms with Crippen molar-refractivity contribution in [1.82, 2.24) is 10.6 Å². The number of aliphatic carboxylic acids is 1. The minimum Gasteiger partial charge on any atom is -0.480 e. The molecule has 0 aromatic carbocycles. The molecule has 0 bridgehead atoms. The Kier molecular flexibility index (Phi) is 7.26. The molecule has 1 aromatic heterocycles. The lowest BCUT2D eigenvalue weighted by Crippen LogP contribution is -2.50. The highest BCUT2D eigenvalue weighted by atomic mass is 79.9. The Bertz CT molecular complexity index is 573. The number of amides is 2. The van der Waals surface area contributed by atoms with E-state index in [0.717, 1.165) is 3.79 Å². The van der Waals surface area contributed by atoms with Gasteiger partial charge < -0.3 is 15.7 Å². The van der Waals surface area contributed by atoms with Gasteiger partial charge in [0.1, 0.15) is 12.1 Å².